The van der Waals surface area contributed by atoms with Crippen molar-refractivity contribution in [2.45, 2.75) is 19.4 Å². The summed E-state index contributed by atoms with van der Waals surface area (Å²) in [5, 5.41) is 9.20. The molecular formula is C12H17N3O3. The van der Waals surface area contributed by atoms with Crippen molar-refractivity contribution in [1.29, 1.82) is 0 Å². The molecule has 1 aromatic rings. The van der Waals surface area contributed by atoms with Gasteiger partial charge >= 0.3 is 5.97 Å². The molecule has 1 saturated heterocycles. The lowest BCUT2D eigenvalue weighted by molar-refractivity contribution is 0.0696. The van der Waals surface area contributed by atoms with Crippen LogP contribution in [0.3, 0.4) is 0 Å². The molecule has 1 aliphatic heterocycles. The molecule has 98 valence electrons. The first-order valence-electron chi connectivity index (χ1n) is 5.93. The minimum atomic E-state index is -1.01. The van der Waals surface area contributed by atoms with Crippen molar-refractivity contribution < 1.29 is 14.6 Å². The van der Waals surface area contributed by atoms with Crippen LogP contribution in [0.1, 0.15) is 23.7 Å². The van der Waals surface area contributed by atoms with E-state index in [1.807, 2.05) is 11.8 Å². The van der Waals surface area contributed by atoms with Crippen molar-refractivity contribution in [3.8, 4) is 0 Å². The quantitative estimate of drug-likeness (QED) is 0.814. The summed E-state index contributed by atoms with van der Waals surface area (Å²) >= 11 is 0. The standard InChI is InChI=1S/C12H17N3O3/c1-8-7-15(3-2-4-18-8)11-10(12(16)17)5-9(13)6-14-11/h5-6,8H,2-4,7,13H2,1H3,(H,16,17). The van der Waals surface area contributed by atoms with Crippen molar-refractivity contribution in [3.63, 3.8) is 0 Å². The Kier molecular flexibility index (Phi) is 3.66. The zero-order valence-corrected chi connectivity index (χ0v) is 10.3. The maximum Gasteiger partial charge on any atom is 0.339 e. The number of hydrogen-bond donors (Lipinski definition) is 2. The van der Waals surface area contributed by atoms with Crippen LogP contribution in [-0.4, -0.2) is 41.9 Å². The van der Waals surface area contributed by atoms with E-state index in [9.17, 15) is 9.90 Å². The monoisotopic (exact) mass is 251 g/mol. The van der Waals surface area contributed by atoms with Gasteiger partial charge in [0.1, 0.15) is 11.4 Å². The summed E-state index contributed by atoms with van der Waals surface area (Å²) in [6.45, 7) is 4.03. The minimum absolute atomic E-state index is 0.0634. The Morgan fingerprint density at radius 1 is 1.67 bits per heavy atom. The van der Waals surface area contributed by atoms with Crippen molar-refractivity contribution in [2.24, 2.45) is 0 Å². The third-order valence-corrected chi connectivity index (χ3v) is 2.87. The number of ether oxygens (including phenoxy) is 1. The average molecular weight is 251 g/mol. The molecule has 0 radical (unpaired) electrons. The lowest BCUT2D eigenvalue weighted by atomic mass is 10.2. The van der Waals surface area contributed by atoms with E-state index in [-0.39, 0.29) is 11.7 Å². The number of aromatic carboxylic acids is 1. The Hall–Kier alpha value is -1.82. The van der Waals surface area contributed by atoms with Gasteiger partial charge in [0.25, 0.3) is 0 Å². The van der Waals surface area contributed by atoms with Gasteiger partial charge in [-0.05, 0) is 19.4 Å². The van der Waals surface area contributed by atoms with Gasteiger partial charge < -0.3 is 20.5 Å². The van der Waals surface area contributed by atoms with E-state index < -0.39 is 5.97 Å². The van der Waals surface area contributed by atoms with Crippen molar-refractivity contribution in [1.82, 2.24) is 4.98 Å². The number of nitrogens with zero attached hydrogens (tertiary/aromatic N) is 2. The second-order valence-electron chi connectivity index (χ2n) is 4.43. The molecule has 1 unspecified atom stereocenters. The van der Waals surface area contributed by atoms with Crippen LogP contribution in [0.25, 0.3) is 0 Å². The smallest absolute Gasteiger partial charge is 0.339 e. The average Bonchev–Trinajstić information content (AvgIpc) is 2.53. The number of anilines is 2. The summed E-state index contributed by atoms with van der Waals surface area (Å²) in [6.07, 6.45) is 2.40. The fourth-order valence-electron chi connectivity index (χ4n) is 2.07. The number of carboxylic acid groups (broad SMARTS) is 1. The molecule has 2 heterocycles. The third-order valence-electron chi connectivity index (χ3n) is 2.87. The largest absolute Gasteiger partial charge is 0.478 e. The van der Waals surface area contributed by atoms with Crippen LogP contribution in [0.5, 0.6) is 0 Å². The predicted molar refractivity (Wildman–Crippen MR) is 67.9 cm³/mol. The molecule has 1 fully saturated rings. The van der Waals surface area contributed by atoms with Crippen LogP contribution in [0.15, 0.2) is 12.3 Å². The van der Waals surface area contributed by atoms with Crippen LogP contribution >= 0.6 is 0 Å². The first-order valence-corrected chi connectivity index (χ1v) is 5.93. The number of nitrogens with two attached hydrogens (primary N) is 1. The number of rotatable bonds is 2. The zero-order chi connectivity index (χ0) is 13.1. The van der Waals surface area contributed by atoms with Gasteiger partial charge in [-0.2, -0.15) is 0 Å². The van der Waals surface area contributed by atoms with Gasteiger partial charge in [0.05, 0.1) is 18.0 Å². The van der Waals surface area contributed by atoms with Crippen LogP contribution in [0, 0.1) is 0 Å². The summed E-state index contributed by atoms with van der Waals surface area (Å²) < 4.78 is 5.54. The van der Waals surface area contributed by atoms with Crippen molar-refractivity contribution in [3.05, 3.63) is 17.8 Å². The summed E-state index contributed by atoms with van der Waals surface area (Å²) in [6, 6.07) is 1.45. The number of aromatic nitrogens is 1. The zero-order valence-electron chi connectivity index (χ0n) is 10.3. The van der Waals surface area contributed by atoms with E-state index in [2.05, 4.69) is 4.98 Å². The van der Waals surface area contributed by atoms with E-state index in [1.54, 1.807) is 0 Å². The van der Waals surface area contributed by atoms with E-state index >= 15 is 0 Å². The Bertz CT molecular complexity index is 450. The number of pyridine rings is 1. The van der Waals surface area contributed by atoms with Crippen LogP contribution in [0.2, 0.25) is 0 Å². The number of carbonyl (C=O) groups is 1. The molecule has 0 aromatic carbocycles. The fraction of sp³-hybridized carbons (Fsp3) is 0.500. The second kappa shape index (κ2) is 5.22. The van der Waals surface area contributed by atoms with Crippen molar-refractivity contribution in [2.75, 3.05) is 30.3 Å². The number of hydrogen-bond acceptors (Lipinski definition) is 5. The van der Waals surface area contributed by atoms with Gasteiger partial charge in [0.15, 0.2) is 0 Å². The van der Waals surface area contributed by atoms with Gasteiger partial charge in [-0.25, -0.2) is 9.78 Å². The molecule has 1 aliphatic rings. The molecule has 0 spiro atoms. The molecule has 1 atom stereocenters. The topological polar surface area (TPSA) is 88.7 Å². The van der Waals surface area contributed by atoms with E-state index in [1.165, 1.54) is 12.3 Å². The maximum absolute atomic E-state index is 11.2. The Morgan fingerprint density at radius 2 is 2.44 bits per heavy atom. The van der Waals surface area contributed by atoms with Gasteiger partial charge in [-0.1, -0.05) is 0 Å². The highest BCUT2D eigenvalue weighted by Gasteiger charge is 2.21. The van der Waals surface area contributed by atoms with E-state index in [0.717, 1.165) is 13.0 Å². The first-order chi connectivity index (χ1) is 8.58. The molecular weight excluding hydrogens is 234 g/mol. The molecule has 1 aromatic heterocycles. The molecule has 18 heavy (non-hydrogen) atoms. The molecule has 6 nitrogen and oxygen atoms in total. The van der Waals surface area contributed by atoms with Gasteiger partial charge in [-0.3, -0.25) is 0 Å². The van der Waals surface area contributed by atoms with Crippen LogP contribution < -0.4 is 10.6 Å². The first kappa shape index (κ1) is 12.6. The lowest BCUT2D eigenvalue weighted by Gasteiger charge is -2.24. The Labute approximate surface area is 105 Å². The molecule has 0 bridgehead atoms. The summed E-state index contributed by atoms with van der Waals surface area (Å²) in [7, 11) is 0. The van der Waals surface area contributed by atoms with E-state index in [0.29, 0.717) is 24.7 Å². The maximum atomic E-state index is 11.2. The highest BCUT2D eigenvalue weighted by Crippen LogP contribution is 2.22. The van der Waals surface area contributed by atoms with Gasteiger partial charge in [0.2, 0.25) is 0 Å². The fourth-order valence-corrected chi connectivity index (χ4v) is 2.07. The molecule has 6 heteroatoms. The summed E-state index contributed by atoms with van der Waals surface area (Å²) in [5.74, 6) is -0.545. The number of nitrogen functional groups attached to an aromatic ring is 1. The summed E-state index contributed by atoms with van der Waals surface area (Å²) in [4.78, 5) is 17.3. The second-order valence-corrected chi connectivity index (χ2v) is 4.43. The van der Waals surface area contributed by atoms with Gasteiger partial charge in [0, 0.05) is 19.7 Å². The Balaban J connectivity index is 2.33. The lowest BCUT2D eigenvalue weighted by Crippen LogP contribution is -2.32. The SMILES string of the molecule is CC1CN(c2ncc(N)cc2C(=O)O)CCCO1. The molecule has 0 amide bonds. The number of carboxylic acids is 1. The Morgan fingerprint density at radius 3 is 3.17 bits per heavy atom. The van der Waals surface area contributed by atoms with Crippen LogP contribution in [0.4, 0.5) is 11.5 Å². The van der Waals surface area contributed by atoms with Crippen molar-refractivity contribution >= 4 is 17.5 Å². The van der Waals surface area contributed by atoms with Crippen LogP contribution in [-0.2, 0) is 4.74 Å². The highest BCUT2D eigenvalue weighted by atomic mass is 16.5. The van der Waals surface area contributed by atoms with Gasteiger partial charge in [-0.15, -0.1) is 0 Å². The highest BCUT2D eigenvalue weighted by molar-refractivity contribution is 5.94. The molecule has 2 rings (SSSR count). The molecule has 0 aliphatic carbocycles. The normalized spacial score (nSPS) is 20.5. The molecule has 0 saturated carbocycles. The summed E-state index contributed by atoms with van der Waals surface area (Å²) in [5.41, 5.74) is 6.08. The van der Waals surface area contributed by atoms with E-state index in [4.69, 9.17) is 10.5 Å². The predicted octanol–water partition coefficient (Wildman–Crippen LogP) is 0.977. The minimum Gasteiger partial charge on any atom is -0.478 e. The molecule has 3 N–H and O–H groups in total. The third kappa shape index (κ3) is 2.70.